The summed E-state index contributed by atoms with van der Waals surface area (Å²) < 4.78 is 7.50. The lowest BCUT2D eigenvalue weighted by Crippen LogP contribution is -2.44. The smallest absolute Gasteiger partial charge is 0.285 e. The summed E-state index contributed by atoms with van der Waals surface area (Å²) in [4.78, 5) is 25.8. The van der Waals surface area contributed by atoms with Gasteiger partial charge in [0.05, 0.1) is 13.9 Å². The van der Waals surface area contributed by atoms with Crippen molar-refractivity contribution >= 4 is 113 Å². The summed E-state index contributed by atoms with van der Waals surface area (Å²) in [7, 11) is 0. The topological polar surface area (TPSA) is 58.6 Å². The zero-order valence-electron chi connectivity index (χ0n) is 17.9. The van der Waals surface area contributed by atoms with Gasteiger partial charge in [-0.25, -0.2) is 0 Å². The Hall–Kier alpha value is -1.59. The maximum Gasteiger partial charge on any atom is 0.285 e. The summed E-state index contributed by atoms with van der Waals surface area (Å²) in [5.74, 6) is -0.338. The van der Waals surface area contributed by atoms with E-state index in [1.807, 2.05) is 12.1 Å². The second-order valence-electron chi connectivity index (χ2n) is 7.30. The van der Waals surface area contributed by atoms with Crippen LogP contribution < -0.4 is 10.2 Å². The van der Waals surface area contributed by atoms with Crippen LogP contribution in [0, 0.1) is 0 Å². The fourth-order valence-electron chi connectivity index (χ4n) is 3.07. The highest BCUT2D eigenvalue weighted by molar-refractivity contribution is 9.11. The van der Waals surface area contributed by atoms with Crippen molar-refractivity contribution in [1.82, 2.24) is 10.4 Å². The van der Waals surface area contributed by atoms with Crippen LogP contribution in [0.3, 0.4) is 0 Å². The number of hydrazine groups is 1. The second kappa shape index (κ2) is 11.9. The number of nitrogens with zero attached hydrogens (tertiary/aromatic N) is 1. The zero-order valence-corrected chi connectivity index (χ0v) is 24.9. The molecule has 0 aromatic heterocycles. The molecule has 3 aromatic rings. The van der Waals surface area contributed by atoms with Crippen molar-refractivity contribution < 1.29 is 14.3 Å². The number of carbonyl (C=O) groups is 2. The first-order chi connectivity index (χ1) is 17.1. The highest BCUT2D eigenvalue weighted by Crippen LogP contribution is 2.38. The summed E-state index contributed by atoms with van der Waals surface area (Å²) in [6, 6.07) is 15.1. The lowest BCUT2D eigenvalue weighted by Gasteiger charge is -2.15. The van der Waals surface area contributed by atoms with Gasteiger partial charge in [0.15, 0.2) is 4.32 Å². The molecule has 0 spiro atoms. The minimum atomic E-state index is -0.475. The molecule has 5 nitrogen and oxygen atoms in total. The molecule has 0 unspecified atom stereocenters. The SMILES string of the molecule is O=C(NN1C(=O)/C(=C\c2cc(Br)c(OCc3ccc(Cl)cc3Cl)c(Br)c2)SC1=S)c1ccc(Cl)cc1. The van der Waals surface area contributed by atoms with Gasteiger partial charge in [0, 0.05) is 26.2 Å². The van der Waals surface area contributed by atoms with E-state index in [0.717, 1.165) is 27.9 Å². The van der Waals surface area contributed by atoms with E-state index < -0.39 is 11.8 Å². The molecule has 4 rings (SSSR count). The molecule has 12 heteroatoms. The quantitative estimate of drug-likeness (QED) is 0.207. The van der Waals surface area contributed by atoms with Crippen LogP contribution in [0.25, 0.3) is 6.08 Å². The van der Waals surface area contributed by atoms with Crippen molar-refractivity contribution in [1.29, 1.82) is 0 Å². The number of thioether (sulfide) groups is 1. The normalized spacial score (nSPS) is 14.5. The molecule has 1 heterocycles. The maximum absolute atomic E-state index is 12.9. The monoisotopic (exact) mass is 704 g/mol. The Kier molecular flexibility index (Phi) is 9.04. The highest BCUT2D eigenvalue weighted by Gasteiger charge is 2.34. The van der Waals surface area contributed by atoms with Gasteiger partial charge < -0.3 is 4.74 Å². The van der Waals surface area contributed by atoms with Crippen LogP contribution in [0.2, 0.25) is 15.1 Å². The Morgan fingerprint density at radius 1 is 1.03 bits per heavy atom. The average Bonchev–Trinajstić information content (AvgIpc) is 3.07. The Labute approximate surface area is 248 Å². The Morgan fingerprint density at radius 2 is 1.67 bits per heavy atom. The van der Waals surface area contributed by atoms with E-state index in [4.69, 9.17) is 51.8 Å². The Morgan fingerprint density at radius 3 is 2.31 bits per heavy atom. The van der Waals surface area contributed by atoms with Crippen molar-refractivity contribution in [2.75, 3.05) is 0 Å². The third-order valence-electron chi connectivity index (χ3n) is 4.82. The van der Waals surface area contributed by atoms with E-state index in [2.05, 4.69) is 37.3 Å². The lowest BCUT2D eigenvalue weighted by molar-refractivity contribution is -0.123. The number of thiocarbonyl (C=S) groups is 1. The van der Waals surface area contributed by atoms with Crippen LogP contribution in [0.15, 0.2) is 68.4 Å². The van der Waals surface area contributed by atoms with Gasteiger partial charge >= 0.3 is 0 Å². The summed E-state index contributed by atoms with van der Waals surface area (Å²) in [5.41, 5.74) is 4.39. The molecular weight excluding hydrogens is 695 g/mol. The standard InChI is InChI=1S/C24H13Br2Cl3N2O3S2/c25-17-7-12(8-18(26)21(17)34-11-14-3-6-16(28)10-19(14)29)9-20-23(33)31(24(35)36-20)30-22(32)13-1-4-15(27)5-2-13/h1-10H,11H2,(H,30,32)/b20-9+. The number of hydrogen-bond acceptors (Lipinski definition) is 5. The fourth-order valence-corrected chi connectivity index (χ4v) is 6.29. The van der Waals surface area contributed by atoms with Gasteiger partial charge in [-0.05, 0) is 104 Å². The number of nitrogens with one attached hydrogen (secondary N) is 1. The number of amides is 2. The van der Waals surface area contributed by atoms with Gasteiger partial charge in [0.1, 0.15) is 12.4 Å². The fraction of sp³-hybridized carbons (Fsp3) is 0.0417. The molecule has 0 saturated carbocycles. The largest absolute Gasteiger partial charge is 0.486 e. The molecule has 1 N–H and O–H groups in total. The minimum Gasteiger partial charge on any atom is -0.486 e. The predicted octanol–water partition coefficient (Wildman–Crippen LogP) is 8.30. The van der Waals surface area contributed by atoms with Gasteiger partial charge in [-0.2, -0.15) is 5.01 Å². The number of ether oxygens (including phenoxy) is 1. The first-order valence-corrected chi connectivity index (χ1v) is 14.0. The molecule has 184 valence electrons. The minimum absolute atomic E-state index is 0.214. The average molecular weight is 708 g/mol. The number of benzene rings is 3. The molecule has 1 aliphatic rings. The summed E-state index contributed by atoms with van der Waals surface area (Å²) >= 11 is 31.5. The van der Waals surface area contributed by atoms with E-state index in [0.29, 0.717) is 40.2 Å². The van der Waals surface area contributed by atoms with Crippen LogP contribution in [-0.2, 0) is 11.4 Å². The molecule has 0 aliphatic carbocycles. The van der Waals surface area contributed by atoms with E-state index in [9.17, 15) is 9.59 Å². The van der Waals surface area contributed by atoms with Gasteiger partial charge in [0.2, 0.25) is 0 Å². The van der Waals surface area contributed by atoms with Crippen LogP contribution in [0.4, 0.5) is 0 Å². The number of halogens is 5. The molecule has 1 saturated heterocycles. The summed E-state index contributed by atoms with van der Waals surface area (Å²) in [6.45, 7) is 0.235. The van der Waals surface area contributed by atoms with E-state index in [1.165, 1.54) is 0 Å². The Balaban J connectivity index is 1.48. The molecule has 0 radical (unpaired) electrons. The van der Waals surface area contributed by atoms with Crippen molar-refractivity contribution in [3.8, 4) is 5.75 Å². The van der Waals surface area contributed by atoms with Crippen molar-refractivity contribution in [2.24, 2.45) is 0 Å². The number of rotatable bonds is 6. The first kappa shape index (κ1) is 27.4. The number of carbonyl (C=O) groups excluding carboxylic acids is 2. The molecule has 3 aromatic carbocycles. The number of hydrogen-bond donors (Lipinski definition) is 1. The Bertz CT molecular complexity index is 1400. The molecule has 1 fully saturated rings. The van der Waals surface area contributed by atoms with Crippen LogP contribution in [0.5, 0.6) is 5.75 Å². The van der Waals surface area contributed by atoms with Crippen LogP contribution >= 0.6 is 90.6 Å². The van der Waals surface area contributed by atoms with E-state index in [-0.39, 0.29) is 10.9 Å². The van der Waals surface area contributed by atoms with Gasteiger partial charge in [-0.1, -0.05) is 52.6 Å². The highest BCUT2D eigenvalue weighted by atomic mass is 79.9. The van der Waals surface area contributed by atoms with Crippen molar-refractivity contribution in [3.63, 3.8) is 0 Å². The van der Waals surface area contributed by atoms with Gasteiger partial charge in [-0.15, -0.1) is 0 Å². The lowest BCUT2D eigenvalue weighted by atomic mass is 10.2. The van der Waals surface area contributed by atoms with Gasteiger partial charge in [0.25, 0.3) is 11.8 Å². The predicted molar refractivity (Wildman–Crippen MR) is 157 cm³/mol. The maximum atomic E-state index is 12.9. The first-order valence-electron chi connectivity index (χ1n) is 10.0. The molecule has 0 atom stereocenters. The van der Waals surface area contributed by atoms with Gasteiger partial charge in [-0.3, -0.25) is 15.0 Å². The summed E-state index contributed by atoms with van der Waals surface area (Å²) in [5, 5.41) is 2.62. The van der Waals surface area contributed by atoms with Crippen LogP contribution in [0.1, 0.15) is 21.5 Å². The summed E-state index contributed by atoms with van der Waals surface area (Å²) in [6.07, 6.45) is 1.68. The third-order valence-corrected chi connectivity index (χ3v) is 8.14. The zero-order chi connectivity index (χ0) is 26.0. The van der Waals surface area contributed by atoms with Crippen molar-refractivity contribution in [2.45, 2.75) is 6.61 Å². The molecular formula is C24H13Br2Cl3N2O3S2. The molecule has 0 bridgehead atoms. The van der Waals surface area contributed by atoms with E-state index >= 15 is 0 Å². The third kappa shape index (κ3) is 6.45. The van der Waals surface area contributed by atoms with Crippen LogP contribution in [-0.4, -0.2) is 21.1 Å². The second-order valence-corrected chi connectivity index (χ2v) is 12.0. The molecule has 36 heavy (non-hydrogen) atoms. The molecule has 1 aliphatic heterocycles. The molecule has 2 amide bonds. The van der Waals surface area contributed by atoms with E-state index in [1.54, 1.807) is 48.5 Å². The van der Waals surface area contributed by atoms with Crippen molar-refractivity contribution in [3.05, 3.63) is 100 Å².